The standard InChI is InChI=1S/C13H12N2S2/c1-3-12-9(2)17-13(15-12)10(8-14)7-11-5-4-6-16-11/h4-7H,3H2,1-2H3/b10-7+. The van der Waals surface area contributed by atoms with Crippen LogP contribution in [0.25, 0.3) is 11.6 Å². The van der Waals surface area contributed by atoms with Crippen molar-refractivity contribution in [1.82, 2.24) is 4.98 Å². The second-order valence-electron chi connectivity index (χ2n) is 3.56. The Kier molecular flexibility index (Phi) is 3.72. The van der Waals surface area contributed by atoms with Crippen LogP contribution in [0.3, 0.4) is 0 Å². The van der Waals surface area contributed by atoms with Crippen molar-refractivity contribution >= 4 is 34.3 Å². The molecule has 0 N–H and O–H groups in total. The minimum absolute atomic E-state index is 0.653. The highest BCUT2D eigenvalue weighted by molar-refractivity contribution is 7.13. The zero-order chi connectivity index (χ0) is 12.3. The molecule has 0 unspecified atom stereocenters. The van der Waals surface area contributed by atoms with Crippen molar-refractivity contribution in [3.05, 3.63) is 38.0 Å². The molecule has 0 aliphatic rings. The van der Waals surface area contributed by atoms with Gasteiger partial charge in [-0.1, -0.05) is 13.0 Å². The van der Waals surface area contributed by atoms with Gasteiger partial charge in [-0.2, -0.15) is 5.26 Å². The highest BCUT2D eigenvalue weighted by Gasteiger charge is 2.10. The van der Waals surface area contributed by atoms with E-state index in [1.54, 1.807) is 22.7 Å². The Balaban J connectivity index is 2.39. The van der Waals surface area contributed by atoms with Gasteiger partial charge >= 0.3 is 0 Å². The van der Waals surface area contributed by atoms with Crippen LogP contribution in [-0.2, 0) is 6.42 Å². The predicted molar refractivity (Wildman–Crippen MR) is 74.0 cm³/mol. The third-order valence-electron chi connectivity index (χ3n) is 2.41. The molecule has 4 heteroatoms. The number of aromatic nitrogens is 1. The summed E-state index contributed by atoms with van der Waals surface area (Å²) in [5.74, 6) is 0. The summed E-state index contributed by atoms with van der Waals surface area (Å²) < 4.78 is 0. The molecule has 0 spiro atoms. The zero-order valence-corrected chi connectivity index (χ0v) is 11.4. The van der Waals surface area contributed by atoms with Crippen LogP contribution in [-0.4, -0.2) is 4.98 Å². The van der Waals surface area contributed by atoms with Gasteiger partial charge in [-0.05, 0) is 30.9 Å². The Labute approximate surface area is 109 Å². The minimum Gasteiger partial charge on any atom is -0.240 e. The number of hydrogen-bond acceptors (Lipinski definition) is 4. The van der Waals surface area contributed by atoms with Crippen molar-refractivity contribution in [2.45, 2.75) is 20.3 Å². The number of aryl methyl sites for hydroxylation is 2. The topological polar surface area (TPSA) is 36.7 Å². The molecule has 0 saturated carbocycles. The molecule has 0 aliphatic carbocycles. The first kappa shape index (κ1) is 12.0. The molecule has 2 aromatic rings. The van der Waals surface area contributed by atoms with Crippen molar-refractivity contribution < 1.29 is 0 Å². The normalized spacial score (nSPS) is 11.5. The molecular weight excluding hydrogens is 248 g/mol. The van der Waals surface area contributed by atoms with E-state index in [2.05, 4.69) is 24.9 Å². The van der Waals surface area contributed by atoms with Gasteiger partial charge in [0.25, 0.3) is 0 Å². The van der Waals surface area contributed by atoms with Gasteiger partial charge in [-0.15, -0.1) is 22.7 Å². The van der Waals surface area contributed by atoms with Crippen LogP contribution in [0.1, 0.15) is 27.4 Å². The number of thiophene rings is 1. The summed E-state index contributed by atoms with van der Waals surface area (Å²) in [4.78, 5) is 6.81. The fourth-order valence-corrected chi connectivity index (χ4v) is 3.15. The fraction of sp³-hybridized carbons (Fsp3) is 0.231. The van der Waals surface area contributed by atoms with E-state index in [0.29, 0.717) is 5.57 Å². The Bertz CT molecular complexity index is 571. The summed E-state index contributed by atoms with van der Waals surface area (Å²) in [6.45, 7) is 4.14. The average Bonchev–Trinajstić information content (AvgIpc) is 2.95. The fourth-order valence-electron chi connectivity index (χ4n) is 1.53. The first-order valence-electron chi connectivity index (χ1n) is 5.36. The molecule has 0 bridgehead atoms. The summed E-state index contributed by atoms with van der Waals surface area (Å²) in [7, 11) is 0. The van der Waals surface area contributed by atoms with Gasteiger partial charge in [0, 0.05) is 9.75 Å². The molecule has 0 aromatic carbocycles. The molecule has 0 atom stereocenters. The van der Waals surface area contributed by atoms with Gasteiger partial charge in [0.1, 0.15) is 11.1 Å². The Morgan fingerprint density at radius 1 is 1.59 bits per heavy atom. The molecule has 86 valence electrons. The lowest BCUT2D eigenvalue weighted by Crippen LogP contribution is -1.84. The number of nitrogens with zero attached hydrogens (tertiary/aromatic N) is 2. The zero-order valence-electron chi connectivity index (χ0n) is 9.73. The summed E-state index contributed by atoms with van der Waals surface area (Å²) in [5.41, 5.74) is 1.75. The predicted octanol–water partition coefficient (Wildman–Crippen LogP) is 4.14. The van der Waals surface area contributed by atoms with E-state index in [1.807, 2.05) is 23.6 Å². The highest BCUT2D eigenvalue weighted by atomic mass is 32.1. The van der Waals surface area contributed by atoms with Gasteiger partial charge in [-0.25, -0.2) is 4.98 Å². The Hall–Kier alpha value is -1.44. The number of hydrogen-bond donors (Lipinski definition) is 0. The van der Waals surface area contributed by atoms with E-state index in [1.165, 1.54) is 4.88 Å². The molecule has 2 aromatic heterocycles. The monoisotopic (exact) mass is 260 g/mol. The van der Waals surface area contributed by atoms with Crippen LogP contribution in [0.5, 0.6) is 0 Å². The first-order chi connectivity index (χ1) is 8.24. The lowest BCUT2D eigenvalue weighted by Gasteiger charge is -1.91. The quantitative estimate of drug-likeness (QED) is 0.778. The van der Waals surface area contributed by atoms with E-state index in [9.17, 15) is 5.26 Å². The lowest BCUT2D eigenvalue weighted by atomic mass is 10.2. The van der Waals surface area contributed by atoms with E-state index >= 15 is 0 Å². The summed E-state index contributed by atoms with van der Waals surface area (Å²) in [5, 5.41) is 12.0. The maximum absolute atomic E-state index is 9.20. The molecule has 0 aliphatic heterocycles. The Morgan fingerprint density at radius 2 is 2.41 bits per heavy atom. The van der Waals surface area contributed by atoms with Gasteiger partial charge < -0.3 is 0 Å². The van der Waals surface area contributed by atoms with Crippen LogP contribution in [0.15, 0.2) is 17.5 Å². The molecule has 0 saturated heterocycles. The van der Waals surface area contributed by atoms with Crippen LogP contribution in [0.2, 0.25) is 0 Å². The van der Waals surface area contributed by atoms with Crippen molar-refractivity contribution in [3.63, 3.8) is 0 Å². The second-order valence-corrected chi connectivity index (χ2v) is 5.74. The highest BCUT2D eigenvalue weighted by Crippen LogP contribution is 2.26. The number of nitriles is 1. The second kappa shape index (κ2) is 5.26. The van der Waals surface area contributed by atoms with Crippen LogP contribution in [0.4, 0.5) is 0 Å². The van der Waals surface area contributed by atoms with Gasteiger partial charge in [0.05, 0.1) is 11.3 Å². The first-order valence-corrected chi connectivity index (χ1v) is 7.06. The van der Waals surface area contributed by atoms with E-state index < -0.39 is 0 Å². The number of thiazole rings is 1. The third-order valence-corrected chi connectivity index (χ3v) is 4.27. The van der Waals surface area contributed by atoms with Crippen LogP contribution in [0, 0.1) is 18.3 Å². The average molecular weight is 260 g/mol. The van der Waals surface area contributed by atoms with Crippen molar-refractivity contribution in [2.24, 2.45) is 0 Å². The van der Waals surface area contributed by atoms with Gasteiger partial charge in [-0.3, -0.25) is 0 Å². The maximum Gasteiger partial charge on any atom is 0.134 e. The van der Waals surface area contributed by atoms with Crippen molar-refractivity contribution in [2.75, 3.05) is 0 Å². The van der Waals surface area contributed by atoms with E-state index in [-0.39, 0.29) is 0 Å². The molecular formula is C13H12N2S2. The summed E-state index contributed by atoms with van der Waals surface area (Å²) in [6, 6.07) is 6.22. The molecule has 2 heterocycles. The minimum atomic E-state index is 0.653. The SMILES string of the molecule is CCc1nc(/C(C#N)=C/c2cccs2)sc1C. The van der Waals surface area contributed by atoms with Crippen molar-refractivity contribution in [3.8, 4) is 6.07 Å². The number of allylic oxidation sites excluding steroid dienone is 1. The molecule has 2 nitrogen and oxygen atoms in total. The third kappa shape index (κ3) is 2.63. The van der Waals surface area contributed by atoms with E-state index in [4.69, 9.17) is 0 Å². The smallest absolute Gasteiger partial charge is 0.134 e. The van der Waals surface area contributed by atoms with Gasteiger partial charge in [0.2, 0.25) is 0 Å². The van der Waals surface area contributed by atoms with Crippen molar-refractivity contribution in [1.29, 1.82) is 5.26 Å². The van der Waals surface area contributed by atoms with E-state index in [0.717, 1.165) is 22.0 Å². The van der Waals surface area contributed by atoms with Crippen LogP contribution < -0.4 is 0 Å². The molecule has 17 heavy (non-hydrogen) atoms. The molecule has 0 amide bonds. The Morgan fingerprint density at radius 3 is 2.94 bits per heavy atom. The molecule has 2 rings (SSSR count). The molecule has 0 radical (unpaired) electrons. The summed E-state index contributed by atoms with van der Waals surface area (Å²) >= 11 is 3.22. The molecule has 0 fully saturated rings. The van der Waals surface area contributed by atoms with Crippen LogP contribution >= 0.6 is 22.7 Å². The number of rotatable bonds is 3. The maximum atomic E-state index is 9.20. The van der Waals surface area contributed by atoms with Gasteiger partial charge in [0.15, 0.2) is 0 Å². The lowest BCUT2D eigenvalue weighted by molar-refractivity contribution is 1.04. The largest absolute Gasteiger partial charge is 0.240 e. The summed E-state index contributed by atoms with van der Waals surface area (Å²) in [6.07, 6.45) is 2.82.